The fourth-order valence-electron chi connectivity index (χ4n) is 2.06. The molecule has 1 aliphatic rings. The Morgan fingerprint density at radius 3 is 2.79 bits per heavy atom. The van der Waals surface area contributed by atoms with Crippen LogP contribution in [-0.4, -0.2) is 43.9 Å². The average molecular weight is 274 g/mol. The summed E-state index contributed by atoms with van der Waals surface area (Å²) in [6, 6.07) is 1.31. The second-order valence-electron chi connectivity index (χ2n) is 4.73. The van der Waals surface area contributed by atoms with Crippen molar-refractivity contribution in [1.82, 2.24) is 9.55 Å². The Bertz CT molecular complexity index is 549. The molecule has 1 unspecified atom stereocenters. The summed E-state index contributed by atoms with van der Waals surface area (Å²) >= 11 is 0. The molecule has 9 heteroatoms. The van der Waals surface area contributed by atoms with Crippen LogP contribution in [0.1, 0.15) is 13.2 Å². The quantitative estimate of drug-likeness (QED) is 0.494. The van der Waals surface area contributed by atoms with Gasteiger partial charge in [-0.25, -0.2) is 9.18 Å². The van der Waals surface area contributed by atoms with Crippen molar-refractivity contribution in [3.8, 4) is 0 Å². The molecular weight excluding hydrogens is 259 g/mol. The maximum Gasteiger partial charge on any atom is 0.351 e. The lowest BCUT2D eigenvalue weighted by molar-refractivity contribution is -0.207. The Morgan fingerprint density at radius 1 is 1.68 bits per heavy atom. The van der Waals surface area contributed by atoms with Crippen molar-refractivity contribution in [2.75, 3.05) is 12.3 Å². The smallest absolute Gasteiger partial charge is 0.351 e. The third-order valence-corrected chi connectivity index (χ3v) is 3.16. The number of nitrogen functional groups attached to an aromatic ring is 1. The Balaban J connectivity index is 2.48. The average Bonchev–Trinajstić information content (AvgIpc) is 2.51. The van der Waals surface area contributed by atoms with Gasteiger partial charge in [0.15, 0.2) is 6.23 Å². The minimum atomic E-state index is -2.74. The first-order valence-electron chi connectivity index (χ1n) is 5.51. The summed E-state index contributed by atoms with van der Waals surface area (Å²) in [5.74, 6) is -2.75. The van der Waals surface area contributed by atoms with Gasteiger partial charge in [-0.3, -0.25) is 4.57 Å². The van der Waals surface area contributed by atoms with E-state index in [1.54, 1.807) is 0 Å². The molecule has 2 rings (SSSR count). The third-order valence-electron chi connectivity index (χ3n) is 3.16. The van der Waals surface area contributed by atoms with Gasteiger partial charge in [0.1, 0.15) is 18.5 Å². The molecule has 19 heavy (non-hydrogen) atoms. The Hall–Kier alpha value is -1.55. The molecular formula is C10H15FN4O4. The SMILES string of the molecule is C[C@]1(N)C(n2ccc(N)nc2=O)O[C@](F)(CO)[C@H]1O. The van der Waals surface area contributed by atoms with Crippen LogP contribution in [0.25, 0.3) is 0 Å². The number of nitrogens with two attached hydrogens (primary N) is 2. The highest BCUT2D eigenvalue weighted by atomic mass is 19.2. The fraction of sp³-hybridized carbons (Fsp3) is 0.600. The predicted molar refractivity (Wildman–Crippen MR) is 62.6 cm³/mol. The summed E-state index contributed by atoms with van der Waals surface area (Å²) in [5.41, 5.74) is 8.73. The number of aliphatic hydroxyl groups excluding tert-OH is 2. The zero-order valence-electron chi connectivity index (χ0n) is 10.2. The van der Waals surface area contributed by atoms with Gasteiger partial charge in [0.05, 0.1) is 5.54 Å². The summed E-state index contributed by atoms with van der Waals surface area (Å²) in [7, 11) is 0. The number of nitrogens with zero attached hydrogens (tertiary/aromatic N) is 2. The zero-order chi connectivity index (χ0) is 14.4. The van der Waals surface area contributed by atoms with Crippen LogP contribution < -0.4 is 17.2 Å². The lowest BCUT2D eigenvalue weighted by Crippen LogP contribution is -2.55. The number of ether oxygens (including phenoxy) is 1. The van der Waals surface area contributed by atoms with Crippen LogP contribution in [-0.2, 0) is 4.74 Å². The van der Waals surface area contributed by atoms with Crippen molar-refractivity contribution in [3.63, 3.8) is 0 Å². The van der Waals surface area contributed by atoms with E-state index >= 15 is 0 Å². The molecule has 2 heterocycles. The molecule has 0 radical (unpaired) electrons. The van der Waals surface area contributed by atoms with Crippen LogP contribution in [0.4, 0.5) is 10.2 Å². The Labute approximate surface area is 107 Å². The van der Waals surface area contributed by atoms with Crippen molar-refractivity contribution >= 4 is 5.82 Å². The summed E-state index contributed by atoms with van der Waals surface area (Å²) in [6.45, 7) is 0.219. The van der Waals surface area contributed by atoms with E-state index in [0.717, 1.165) is 4.57 Å². The van der Waals surface area contributed by atoms with Gasteiger partial charge in [0, 0.05) is 6.20 Å². The van der Waals surface area contributed by atoms with E-state index in [9.17, 15) is 14.3 Å². The van der Waals surface area contributed by atoms with Crippen molar-refractivity contribution in [3.05, 3.63) is 22.7 Å². The Kier molecular flexibility index (Phi) is 3.09. The van der Waals surface area contributed by atoms with Gasteiger partial charge in [-0.15, -0.1) is 0 Å². The molecule has 0 bridgehead atoms. The van der Waals surface area contributed by atoms with Gasteiger partial charge < -0.3 is 26.4 Å². The predicted octanol–water partition coefficient (Wildman–Crippen LogP) is -1.91. The molecule has 0 aromatic carbocycles. The zero-order valence-corrected chi connectivity index (χ0v) is 10.2. The maximum atomic E-state index is 14.1. The van der Waals surface area contributed by atoms with Crippen LogP contribution in [0.5, 0.6) is 0 Å². The van der Waals surface area contributed by atoms with Gasteiger partial charge >= 0.3 is 5.69 Å². The molecule has 0 saturated carbocycles. The number of rotatable bonds is 2. The van der Waals surface area contributed by atoms with Crippen LogP contribution in [0.15, 0.2) is 17.1 Å². The first kappa shape index (κ1) is 13.9. The minimum absolute atomic E-state index is 0.00723. The van der Waals surface area contributed by atoms with Crippen LogP contribution in [0, 0.1) is 0 Å². The van der Waals surface area contributed by atoms with E-state index < -0.39 is 36.0 Å². The summed E-state index contributed by atoms with van der Waals surface area (Å²) in [5, 5.41) is 18.8. The molecule has 1 saturated heterocycles. The van der Waals surface area contributed by atoms with Crippen molar-refractivity contribution in [1.29, 1.82) is 0 Å². The van der Waals surface area contributed by atoms with E-state index in [4.69, 9.17) is 21.3 Å². The first-order valence-corrected chi connectivity index (χ1v) is 5.51. The monoisotopic (exact) mass is 274 g/mol. The second-order valence-corrected chi connectivity index (χ2v) is 4.73. The van der Waals surface area contributed by atoms with Gasteiger partial charge in [-0.05, 0) is 13.0 Å². The summed E-state index contributed by atoms with van der Waals surface area (Å²) in [6.07, 6.45) is -1.89. The summed E-state index contributed by atoms with van der Waals surface area (Å²) < 4.78 is 20.0. The summed E-state index contributed by atoms with van der Waals surface area (Å²) in [4.78, 5) is 15.2. The van der Waals surface area contributed by atoms with Gasteiger partial charge in [-0.2, -0.15) is 4.98 Å². The molecule has 4 atom stereocenters. The number of hydrogen-bond donors (Lipinski definition) is 4. The van der Waals surface area contributed by atoms with Crippen LogP contribution in [0.2, 0.25) is 0 Å². The van der Waals surface area contributed by atoms with E-state index in [-0.39, 0.29) is 5.82 Å². The van der Waals surface area contributed by atoms with Crippen LogP contribution in [0.3, 0.4) is 0 Å². The molecule has 1 aromatic heterocycles. The molecule has 6 N–H and O–H groups in total. The van der Waals surface area contributed by atoms with E-state index in [1.807, 2.05) is 0 Å². The first-order chi connectivity index (χ1) is 8.72. The maximum absolute atomic E-state index is 14.1. The number of aliphatic hydroxyl groups is 2. The minimum Gasteiger partial charge on any atom is -0.390 e. The van der Waals surface area contributed by atoms with Gasteiger partial charge in [0.25, 0.3) is 5.85 Å². The second kappa shape index (κ2) is 4.23. The highest BCUT2D eigenvalue weighted by Gasteiger charge is 2.61. The largest absolute Gasteiger partial charge is 0.390 e. The fourth-order valence-corrected chi connectivity index (χ4v) is 2.06. The van der Waals surface area contributed by atoms with Crippen molar-refractivity contribution < 1.29 is 19.3 Å². The molecule has 0 spiro atoms. The van der Waals surface area contributed by atoms with E-state index in [0.29, 0.717) is 0 Å². The number of alkyl halides is 1. The molecule has 0 aliphatic carbocycles. The molecule has 106 valence electrons. The highest BCUT2D eigenvalue weighted by Crippen LogP contribution is 2.42. The standard InChI is InChI=1S/C10H15FN4O4/c1-9(13)6(17)10(11,4-16)19-7(9)15-3-2-5(12)14-8(15)18/h2-3,6-7,16-17H,4,13H2,1H3,(H2,12,14,18)/t6-,7?,9+,10+/m0/s1. The third kappa shape index (κ3) is 2.00. The van der Waals surface area contributed by atoms with Gasteiger partial charge in [0.2, 0.25) is 0 Å². The number of anilines is 1. The lowest BCUT2D eigenvalue weighted by Gasteiger charge is -2.28. The van der Waals surface area contributed by atoms with Crippen molar-refractivity contribution in [2.45, 2.75) is 30.6 Å². The van der Waals surface area contributed by atoms with E-state index in [1.165, 1.54) is 19.2 Å². The van der Waals surface area contributed by atoms with E-state index in [2.05, 4.69) is 4.98 Å². The number of halogens is 1. The lowest BCUT2D eigenvalue weighted by atomic mass is 9.92. The van der Waals surface area contributed by atoms with Gasteiger partial charge in [-0.1, -0.05) is 0 Å². The number of hydrogen-bond acceptors (Lipinski definition) is 7. The number of aromatic nitrogens is 2. The van der Waals surface area contributed by atoms with Crippen LogP contribution >= 0.6 is 0 Å². The topological polar surface area (TPSA) is 137 Å². The normalized spacial score (nSPS) is 38.6. The molecule has 8 nitrogen and oxygen atoms in total. The van der Waals surface area contributed by atoms with Crippen molar-refractivity contribution in [2.24, 2.45) is 5.73 Å². The molecule has 0 amide bonds. The molecule has 1 aromatic rings. The molecule has 1 fully saturated rings. The Morgan fingerprint density at radius 2 is 2.32 bits per heavy atom. The molecule has 1 aliphatic heterocycles. The highest BCUT2D eigenvalue weighted by molar-refractivity contribution is 5.24.